The van der Waals surface area contributed by atoms with Crippen molar-refractivity contribution in [1.82, 2.24) is 4.90 Å². The van der Waals surface area contributed by atoms with Crippen molar-refractivity contribution in [3.63, 3.8) is 0 Å². The zero-order valence-electron chi connectivity index (χ0n) is 21.4. The first-order chi connectivity index (χ1) is 17.5. The lowest BCUT2D eigenvalue weighted by atomic mass is 9.97. The van der Waals surface area contributed by atoms with Crippen LogP contribution in [0, 0.1) is 0 Å². The fourth-order valence-electron chi connectivity index (χ4n) is 5.53. The van der Waals surface area contributed by atoms with Gasteiger partial charge in [0.1, 0.15) is 11.9 Å². The molecule has 2 atom stereocenters. The number of carbonyl (C=O) groups excluding carboxylic acids is 1. The highest BCUT2D eigenvalue weighted by Gasteiger charge is 2.44. The average Bonchev–Trinajstić information content (AvgIpc) is 3.17. The molecule has 2 fully saturated rings. The fraction of sp³-hybridized carbons (Fsp3) is 0.387. The van der Waals surface area contributed by atoms with E-state index in [0.29, 0.717) is 5.92 Å². The minimum absolute atomic E-state index is 0.176. The van der Waals surface area contributed by atoms with Crippen LogP contribution >= 0.6 is 23.5 Å². The lowest BCUT2D eigenvalue weighted by Gasteiger charge is -2.39. The van der Waals surface area contributed by atoms with Gasteiger partial charge in [-0.25, -0.2) is 0 Å². The van der Waals surface area contributed by atoms with Crippen LogP contribution in [0.5, 0.6) is 5.75 Å². The van der Waals surface area contributed by atoms with Crippen molar-refractivity contribution in [2.75, 3.05) is 6.26 Å². The van der Waals surface area contributed by atoms with Gasteiger partial charge < -0.3 is 9.64 Å². The van der Waals surface area contributed by atoms with Gasteiger partial charge in [-0.3, -0.25) is 4.79 Å². The predicted octanol–water partition coefficient (Wildman–Crippen LogP) is 8.04. The maximum atomic E-state index is 13.5. The zero-order chi connectivity index (χ0) is 25.1. The summed E-state index contributed by atoms with van der Waals surface area (Å²) in [7, 11) is 0. The Morgan fingerprint density at radius 1 is 0.917 bits per heavy atom. The lowest BCUT2D eigenvalue weighted by Crippen LogP contribution is -2.49. The predicted molar refractivity (Wildman–Crippen MR) is 151 cm³/mol. The maximum Gasteiger partial charge on any atom is 0.254 e. The standard InChI is InChI=1S/C31H35NO2S2/c1-21(2)29-6-4-5-7-30(29)34-26-18-24-12-13-25(19-26)32(24)31(33)23-10-8-22(9-11-23)20-36-28-16-14-27(35-3)15-17-28/h4-11,14-17,21,24-26H,12-13,18-20H2,1-3H3/t24-,25-/m0/s1. The third kappa shape index (κ3) is 5.63. The van der Waals surface area contributed by atoms with Crippen LogP contribution in [0.1, 0.15) is 66.9 Å². The number of para-hydroxylation sites is 1. The van der Waals surface area contributed by atoms with Gasteiger partial charge in [-0.2, -0.15) is 0 Å². The highest BCUT2D eigenvalue weighted by molar-refractivity contribution is 7.99. The van der Waals surface area contributed by atoms with E-state index in [1.807, 2.05) is 23.9 Å². The summed E-state index contributed by atoms with van der Waals surface area (Å²) in [5.41, 5.74) is 3.30. The van der Waals surface area contributed by atoms with Crippen LogP contribution < -0.4 is 4.74 Å². The Balaban J connectivity index is 1.19. The maximum absolute atomic E-state index is 13.5. The highest BCUT2D eigenvalue weighted by atomic mass is 32.2. The number of benzene rings is 3. The summed E-state index contributed by atoms with van der Waals surface area (Å²) in [5, 5.41) is 0. The van der Waals surface area contributed by atoms with Gasteiger partial charge in [0, 0.05) is 46.0 Å². The topological polar surface area (TPSA) is 29.5 Å². The van der Waals surface area contributed by atoms with Crippen LogP contribution in [-0.4, -0.2) is 35.3 Å². The van der Waals surface area contributed by atoms with Gasteiger partial charge in [0.2, 0.25) is 0 Å². The van der Waals surface area contributed by atoms with E-state index in [1.165, 1.54) is 20.9 Å². The number of amides is 1. The molecule has 188 valence electrons. The van der Waals surface area contributed by atoms with E-state index in [1.54, 1.807) is 11.8 Å². The molecule has 0 unspecified atom stereocenters. The van der Waals surface area contributed by atoms with E-state index in [0.717, 1.165) is 42.7 Å². The van der Waals surface area contributed by atoms with Crippen LogP contribution in [0.15, 0.2) is 82.6 Å². The second-order valence-electron chi connectivity index (χ2n) is 10.2. The molecular formula is C31H35NO2S2. The summed E-state index contributed by atoms with van der Waals surface area (Å²) >= 11 is 3.59. The largest absolute Gasteiger partial charge is 0.490 e. The van der Waals surface area contributed by atoms with Crippen molar-refractivity contribution >= 4 is 29.4 Å². The van der Waals surface area contributed by atoms with Crippen LogP contribution in [0.3, 0.4) is 0 Å². The number of piperidine rings is 1. The van der Waals surface area contributed by atoms with E-state index in [-0.39, 0.29) is 24.1 Å². The Hall–Kier alpha value is -2.37. The number of thioether (sulfide) groups is 2. The van der Waals surface area contributed by atoms with Crippen molar-refractivity contribution < 1.29 is 9.53 Å². The molecule has 0 N–H and O–H groups in total. The number of ether oxygens (including phenoxy) is 1. The van der Waals surface area contributed by atoms with Crippen molar-refractivity contribution in [2.24, 2.45) is 0 Å². The molecule has 3 aromatic rings. The first kappa shape index (κ1) is 25.3. The first-order valence-electron chi connectivity index (χ1n) is 13.0. The molecule has 1 amide bonds. The molecule has 5 rings (SSSR count). The smallest absolute Gasteiger partial charge is 0.254 e. The molecular weight excluding hydrogens is 482 g/mol. The van der Waals surface area contributed by atoms with E-state index in [9.17, 15) is 4.79 Å². The Morgan fingerprint density at radius 2 is 1.56 bits per heavy atom. The Labute approximate surface area is 224 Å². The summed E-state index contributed by atoms with van der Waals surface area (Å²) in [6.45, 7) is 4.42. The monoisotopic (exact) mass is 517 g/mol. The first-order valence-corrected chi connectivity index (χ1v) is 15.2. The molecule has 2 saturated heterocycles. The van der Waals surface area contributed by atoms with Crippen LogP contribution in [0.4, 0.5) is 0 Å². The second-order valence-corrected chi connectivity index (χ2v) is 12.1. The van der Waals surface area contributed by atoms with Gasteiger partial charge in [-0.05, 0) is 78.6 Å². The number of hydrogen-bond donors (Lipinski definition) is 0. The highest BCUT2D eigenvalue weighted by Crippen LogP contribution is 2.39. The number of carbonyl (C=O) groups is 1. The van der Waals surface area contributed by atoms with Crippen LogP contribution in [-0.2, 0) is 5.75 Å². The van der Waals surface area contributed by atoms with E-state index in [4.69, 9.17) is 4.74 Å². The zero-order valence-corrected chi connectivity index (χ0v) is 23.0. The second kappa shape index (κ2) is 11.4. The molecule has 2 bridgehead atoms. The van der Waals surface area contributed by atoms with Crippen molar-refractivity contribution in [3.8, 4) is 5.75 Å². The van der Waals surface area contributed by atoms with Crippen molar-refractivity contribution in [3.05, 3.63) is 89.5 Å². The number of nitrogens with zero attached hydrogens (tertiary/aromatic N) is 1. The lowest BCUT2D eigenvalue weighted by molar-refractivity contribution is 0.0356. The van der Waals surface area contributed by atoms with Gasteiger partial charge in [0.25, 0.3) is 5.91 Å². The molecule has 0 spiro atoms. The Bertz CT molecular complexity index is 1160. The summed E-state index contributed by atoms with van der Waals surface area (Å²) in [6.07, 6.45) is 6.26. The van der Waals surface area contributed by atoms with E-state index in [2.05, 4.69) is 85.7 Å². The van der Waals surface area contributed by atoms with Crippen molar-refractivity contribution in [1.29, 1.82) is 0 Å². The molecule has 2 heterocycles. The molecule has 0 aromatic heterocycles. The Morgan fingerprint density at radius 3 is 2.19 bits per heavy atom. The minimum Gasteiger partial charge on any atom is -0.490 e. The van der Waals surface area contributed by atoms with Gasteiger partial charge >= 0.3 is 0 Å². The molecule has 2 aliphatic heterocycles. The summed E-state index contributed by atoms with van der Waals surface area (Å²) in [5.74, 6) is 2.52. The Kier molecular flexibility index (Phi) is 7.97. The number of fused-ring (bicyclic) bond motifs is 2. The fourth-order valence-corrected chi connectivity index (χ4v) is 6.79. The van der Waals surface area contributed by atoms with Gasteiger partial charge in [0.15, 0.2) is 0 Å². The molecule has 36 heavy (non-hydrogen) atoms. The molecule has 3 aromatic carbocycles. The van der Waals surface area contributed by atoms with Crippen LogP contribution in [0.2, 0.25) is 0 Å². The molecule has 0 radical (unpaired) electrons. The van der Waals surface area contributed by atoms with E-state index < -0.39 is 0 Å². The van der Waals surface area contributed by atoms with Gasteiger partial charge in [0.05, 0.1) is 0 Å². The molecule has 5 heteroatoms. The molecule has 3 nitrogen and oxygen atoms in total. The minimum atomic E-state index is 0.176. The SMILES string of the molecule is CSc1ccc(SCc2ccc(C(=O)N3[C@H]4CC[C@H]3CC(Oc3ccccc3C(C)C)C4)cc2)cc1. The number of hydrogen-bond acceptors (Lipinski definition) is 4. The normalized spacial score (nSPS) is 21.1. The summed E-state index contributed by atoms with van der Waals surface area (Å²) < 4.78 is 6.51. The third-order valence-corrected chi connectivity index (χ3v) is 9.25. The molecule has 0 saturated carbocycles. The van der Waals surface area contributed by atoms with Crippen LogP contribution in [0.25, 0.3) is 0 Å². The van der Waals surface area contributed by atoms with E-state index >= 15 is 0 Å². The van der Waals surface area contributed by atoms with Gasteiger partial charge in [-0.15, -0.1) is 23.5 Å². The van der Waals surface area contributed by atoms with Gasteiger partial charge in [-0.1, -0.05) is 44.2 Å². The third-order valence-electron chi connectivity index (χ3n) is 7.42. The summed E-state index contributed by atoms with van der Waals surface area (Å²) in [4.78, 5) is 18.2. The average molecular weight is 518 g/mol. The van der Waals surface area contributed by atoms with Crippen molar-refractivity contribution in [2.45, 2.75) is 79.2 Å². The molecule has 2 aliphatic rings. The number of rotatable bonds is 8. The summed E-state index contributed by atoms with van der Waals surface area (Å²) in [6, 6.07) is 25.9. The quantitative estimate of drug-likeness (QED) is 0.283. The molecule has 0 aliphatic carbocycles.